The van der Waals surface area contributed by atoms with Crippen LogP contribution in [0, 0.1) is 6.92 Å². The molecule has 3 aromatic rings. The lowest BCUT2D eigenvalue weighted by molar-refractivity contribution is 0.101. The second-order valence-electron chi connectivity index (χ2n) is 5.37. The molecular formula is C18H16N4O2S2. The highest BCUT2D eigenvalue weighted by Gasteiger charge is 2.14. The summed E-state index contributed by atoms with van der Waals surface area (Å²) >= 11 is 2.58. The first-order valence-electron chi connectivity index (χ1n) is 7.71. The van der Waals surface area contributed by atoms with Crippen LogP contribution in [0.15, 0.2) is 53.8 Å². The van der Waals surface area contributed by atoms with Crippen LogP contribution in [0.2, 0.25) is 0 Å². The molecule has 2 amide bonds. The molecule has 2 aromatic heterocycles. The summed E-state index contributed by atoms with van der Waals surface area (Å²) in [5, 5.41) is 6.43. The maximum atomic E-state index is 12.6. The van der Waals surface area contributed by atoms with Crippen molar-refractivity contribution in [1.82, 2.24) is 9.36 Å². The van der Waals surface area contributed by atoms with Crippen molar-refractivity contribution in [3.05, 3.63) is 64.8 Å². The Kier molecular flexibility index (Phi) is 5.65. The zero-order valence-corrected chi connectivity index (χ0v) is 15.8. The van der Waals surface area contributed by atoms with Gasteiger partial charge in [-0.2, -0.15) is 0 Å². The summed E-state index contributed by atoms with van der Waals surface area (Å²) in [5.74, 6) is -0.508. The van der Waals surface area contributed by atoms with Crippen LogP contribution in [0.1, 0.15) is 25.6 Å². The van der Waals surface area contributed by atoms with Crippen LogP contribution in [0.4, 0.5) is 11.4 Å². The van der Waals surface area contributed by atoms with E-state index in [9.17, 15) is 9.59 Å². The third-order valence-electron chi connectivity index (χ3n) is 3.62. The van der Waals surface area contributed by atoms with E-state index in [2.05, 4.69) is 20.0 Å². The van der Waals surface area contributed by atoms with E-state index in [0.717, 1.165) is 22.1 Å². The molecular weight excluding hydrogens is 368 g/mol. The van der Waals surface area contributed by atoms with Crippen molar-refractivity contribution < 1.29 is 9.59 Å². The molecule has 1 aromatic carbocycles. The number of carbonyl (C=O) groups is 2. The number of pyridine rings is 1. The molecule has 0 saturated heterocycles. The van der Waals surface area contributed by atoms with Gasteiger partial charge >= 0.3 is 0 Å². The van der Waals surface area contributed by atoms with Crippen LogP contribution < -0.4 is 10.6 Å². The quantitative estimate of drug-likeness (QED) is 0.648. The highest BCUT2D eigenvalue weighted by atomic mass is 32.2. The Morgan fingerprint density at radius 3 is 2.58 bits per heavy atom. The van der Waals surface area contributed by atoms with Crippen LogP contribution in [0.25, 0.3) is 0 Å². The van der Waals surface area contributed by atoms with Crippen LogP contribution in [0.3, 0.4) is 0 Å². The molecule has 132 valence electrons. The van der Waals surface area contributed by atoms with Gasteiger partial charge in [0.25, 0.3) is 11.8 Å². The number of amides is 2. The molecule has 0 aliphatic rings. The molecule has 0 fully saturated rings. The molecule has 0 aliphatic carbocycles. The first kappa shape index (κ1) is 18.1. The molecule has 0 radical (unpaired) electrons. The van der Waals surface area contributed by atoms with Crippen LogP contribution in [-0.4, -0.2) is 27.4 Å². The van der Waals surface area contributed by atoms with Crippen molar-refractivity contribution in [2.24, 2.45) is 0 Å². The van der Waals surface area contributed by atoms with Gasteiger partial charge in [-0.25, -0.2) is 9.36 Å². The van der Waals surface area contributed by atoms with Gasteiger partial charge in [-0.3, -0.25) is 9.59 Å². The summed E-state index contributed by atoms with van der Waals surface area (Å²) in [6.07, 6.45) is 5.16. The zero-order chi connectivity index (χ0) is 18.5. The maximum absolute atomic E-state index is 12.6. The van der Waals surface area contributed by atoms with Crippen molar-refractivity contribution in [3.8, 4) is 0 Å². The molecule has 6 nitrogen and oxygen atoms in total. The van der Waals surface area contributed by atoms with Crippen LogP contribution >= 0.6 is 23.3 Å². The first-order valence-corrected chi connectivity index (χ1v) is 9.71. The number of nitrogens with one attached hydrogen (secondary N) is 2. The van der Waals surface area contributed by atoms with E-state index in [0.29, 0.717) is 21.8 Å². The predicted molar refractivity (Wildman–Crippen MR) is 105 cm³/mol. The van der Waals surface area contributed by atoms with Gasteiger partial charge in [-0.1, -0.05) is 6.07 Å². The van der Waals surface area contributed by atoms with Gasteiger partial charge in [-0.05, 0) is 60.6 Å². The Morgan fingerprint density at radius 2 is 1.85 bits per heavy atom. The Labute approximate surface area is 159 Å². The average Bonchev–Trinajstić information content (AvgIpc) is 3.18. The van der Waals surface area contributed by atoms with Crippen molar-refractivity contribution in [2.45, 2.75) is 11.9 Å². The van der Waals surface area contributed by atoms with E-state index in [1.165, 1.54) is 11.8 Å². The fourth-order valence-electron chi connectivity index (χ4n) is 2.26. The standard InChI is InChI=1S/C18H16N4O2S2/c1-11-5-6-12(10-14(11)22-17(24)15-7-9-20-26-15)16(23)21-13-4-3-8-19-18(13)25-2/h3-10H,1-2H3,(H,21,23)(H,22,24). The minimum atomic E-state index is -0.262. The number of rotatable bonds is 5. The Morgan fingerprint density at radius 1 is 1.04 bits per heavy atom. The number of hydrogen-bond donors (Lipinski definition) is 2. The molecule has 0 saturated carbocycles. The maximum Gasteiger partial charge on any atom is 0.267 e. The molecule has 0 spiro atoms. The summed E-state index contributed by atoms with van der Waals surface area (Å²) in [4.78, 5) is 29.6. The minimum absolute atomic E-state index is 0.245. The zero-order valence-electron chi connectivity index (χ0n) is 14.1. The number of thioether (sulfide) groups is 1. The second-order valence-corrected chi connectivity index (χ2v) is 7.00. The first-order chi connectivity index (χ1) is 12.6. The van der Waals surface area contributed by atoms with Crippen molar-refractivity contribution >= 4 is 46.5 Å². The monoisotopic (exact) mass is 384 g/mol. The summed E-state index contributed by atoms with van der Waals surface area (Å²) in [6.45, 7) is 1.87. The van der Waals surface area contributed by atoms with Gasteiger partial charge in [0.1, 0.15) is 9.90 Å². The third-order valence-corrected chi connectivity index (χ3v) is 5.08. The lowest BCUT2D eigenvalue weighted by Gasteiger charge is -2.11. The number of aryl methyl sites for hydroxylation is 1. The van der Waals surface area contributed by atoms with E-state index in [-0.39, 0.29) is 11.8 Å². The summed E-state index contributed by atoms with van der Waals surface area (Å²) < 4.78 is 3.93. The molecule has 0 atom stereocenters. The second kappa shape index (κ2) is 8.11. The number of anilines is 2. The van der Waals surface area contributed by atoms with Gasteiger partial charge in [0.2, 0.25) is 0 Å². The lowest BCUT2D eigenvalue weighted by atomic mass is 10.1. The van der Waals surface area contributed by atoms with Gasteiger partial charge in [-0.15, -0.1) is 11.8 Å². The third kappa shape index (κ3) is 4.09. The summed E-state index contributed by atoms with van der Waals surface area (Å²) in [7, 11) is 0. The largest absolute Gasteiger partial charge is 0.321 e. The fourth-order valence-corrected chi connectivity index (χ4v) is 3.25. The number of nitrogens with zero attached hydrogens (tertiary/aromatic N) is 2. The predicted octanol–water partition coefficient (Wildman–Crippen LogP) is 4.07. The van der Waals surface area contributed by atoms with Crippen molar-refractivity contribution in [1.29, 1.82) is 0 Å². The van der Waals surface area contributed by atoms with Crippen LogP contribution in [-0.2, 0) is 0 Å². The topological polar surface area (TPSA) is 84.0 Å². The van der Waals surface area contributed by atoms with Crippen molar-refractivity contribution in [2.75, 3.05) is 16.9 Å². The normalized spacial score (nSPS) is 10.4. The van der Waals surface area contributed by atoms with Crippen molar-refractivity contribution in [3.63, 3.8) is 0 Å². The van der Waals surface area contributed by atoms with E-state index in [4.69, 9.17) is 0 Å². The fraction of sp³-hybridized carbons (Fsp3) is 0.111. The molecule has 2 heterocycles. The van der Waals surface area contributed by atoms with Gasteiger partial charge in [0, 0.05) is 23.6 Å². The number of hydrogen-bond acceptors (Lipinski definition) is 6. The van der Waals surface area contributed by atoms with Gasteiger partial charge in [0.15, 0.2) is 0 Å². The van der Waals surface area contributed by atoms with E-state index in [1.807, 2.05) is 13.2 Å². The highest BCUT2D eigenvalue weighted by molar-refractivity contribution is 7.98. The molecule has 0 unspecified atom stereocenters. The van der Waals surface area contributed by atoms with Gasteiger partial charge in [0.05, 0.1) is 5.69 Å². The molecule has 3 rings (SSSR count). The smallest absolute Gasteiger partial charge is 0.267 e. The van der Waals surface area contributed by atoms with E-state index >= 15 is 0 Å². The molecule has 0 aliphatic heterocycles. The van der Waals surface area contributed by atoms with E-state index < -0.39 is 0 Å². The van der Waals surface area contributed by atoms with Crippen LogP contribution in [0.5, 0.6) is 0 Å². The summed E-state index contributed by atoms with van der Waals surface area (Å²) in [6, 6.07) is 10.4. The minimum Gasteiger partial charge on any atom is -0.321 e. The Hall–Kier alpha value is -2.71. The number of benzene rings is 1. The number of aromatic nitrogens is 2. The number of carbonyl (C=O) groups excluding carboxylic acids is 2. The molecule has 2 N–H and O–H groups in total. The van der Waals surface area contributed by atoms with E-state index in [1.54, 1.807) is 48.8 Å². The Bertz CT molecular complexity index is 942. The summed E-state index contributed by atoms with van der Waals surface area (Å²) in [5.41, 5.74) is 2.56. The molecule has 8 heteroatoms. The SMILES string of the molecule is CSc1ncccc1NC(=O)c1ccc(C)c(NC(=O)c2ccns2)c1. The average molecular weight is 384 g/mol. The highest BCUT2D eigenvalue weighted by Crippen LogP contribution is 2.24. The van der Waals surface area contributed by atoms with Gasteiger partial charge < -0.3 is 10.6 Å². The lowest BCUT2D eigenvalue weighted by Crippen LogP contribution is -2.15. The molecule has 0 bridgehead atoms. The molecule has 26 heavy (non-hydrogen) atoms. The Balaban J connectivity index is 1.80.